The normalized spacial score (nSPS) is 10.1. The zero-order valence-electron chi connectivity index (χ0n) is 9.13. The van der Waals surface area contributed by atoms with Gasteiger partial charge >= 0.3 is 5.97 Å². The van der Waals surface area contributed by atoms with Gasteiger partial charge in [0.2, 0.25) is 0 Å². The molecule has 0 unspecified atom stereocenters. The number of carboxylic acid groups (broad SMARTS) is 1. The third kappa shape index (κ3) is 2.65. The molecule has 1 aromatic carbocycles. The minimum Gasteiger partial charge on any atom is -0.478 e. The van der Waals surface area contributed by atoms with Crippen LogP contribution in [0.25, 0.3) is 0 Å². The van der Waals surface area contributed by atoms with Gasteiger partial charge in [0.1, 0.15) is 5.78 Å². The van der Waals surface area contributed by atoms with Crippen LogP contribution in [0.5, 0.6) is 0 Å². The van der Waals surface area contributed by atoms with Crippen molar-refractivity contribution in [2.24, 2.45) is 0 Å². The zero-order chi connectivity index (χ0) is 11.6. The van der Waals surface area contributed by atoms with Gasteiger partial charge in [-0.25, -0.2) is 4.79 Å². The molecule has 0 fully saturated rings. The lowest BCUT2D eigenvalue weighted by atomic mass is 9.97. The lowest BCUT2D eigenvalue weighted by Crippen LogP contribution is -2.05. The van der Waals surface area contributed by atoms with Crippen molar-refractivity contribution in [3.05, 3.63) is 34.4 Å². The van der Waals surface area contributed by atoms with E-state index in [2.05, 4.69) is 0 Å². The van der Waals surface area contributed by atoms with Crippen LogP contribution in [0.2, 0.25) is 0 Å². The Morgan fingerprint density at radius 3 is 2.33 bits per heavy atom. The summed E-state index contributed by atoms with van der Waals surface area (Å²) >= 11 is 0. The molecular formula is C12H14O3. The number of aryl methyl sites for hydroxylation is 1. The Bertz CT molecular complexity index is 419. The molecule has 0 aliphatic rings. The number of hydrogen-bond acceptors (Lipinski definition) is 2. The molecule has 0 aromatic heterocycles. The molecule has 3 heteroatoms. The largest absolute Gasteiger partial charge is 0.478 e. The molecule has 0 saturated carbocycles. The minimum absolute atomic E-state index is 0.0367. The third-order valence-corrected chi connectivity index (χ3v) is 2.41. The van der Waals surface area contributed by atoms with E-state index >= 15 is 0 Å². The first kappa shape index (κ1) is 11.4. The van der Waals surface area contributed by atoms with Crippen LogP contribution in [0.3, 0.4) is 0 Å². The molecule has 0 aliphatic carbocycles. The van der Waals surface area contributed by atoms with Crippen molar-refractivity contribution in [3.8, 4) is 0 Å². The van der Waals surface area contributed by atoms with E-state index < -0.39 is 5.97 Å². The van der Waals surface area contributed by atoms with Gasteiger partial charge in [-0.1, -0.05) is 6.07 Å². The molecular weight excluding hydrogens is 192 g/mol. The fraction of sp³-hybridized carbons (Fsp3) is 0.333. The van der Waals surface area contributed by atoms with Crippen molar-refractivity contribution >= 4 is 11.8 Å². The molecule has 15 heavy (non-hydrogen) atoms. The molecule has 80 valence electrons. The predicted octanol–water partition coefficient (Wildman–Crippen LogP) is 2.13. The van der Waals surface area contributed by atoms with E-state index in [1.54, 1.807) is 13.0 Å². The van der Waals surface area contributed by atoms with Gasteiger partial charge in [0.05, 0.1) is 5.56 Å². The van der Waals surface area contributed by atoms with Gasteiger partial charge < -0.3 is 5.11 Å². The molecule has 0 saturated heterocycles. The summed E-state index contributed by atoms with van der Waals surface area (Å²) in [4.78, 5) is 21.9. The number of aromatic carboxylic acids is 1. The van der Waals surface area contributed by atoms with Crippen LogP contribution in [0.15, 0.2) is 12.1 Å². The second-order valence-electron chi connectivity index (χ2n) is 3.77. The van der Waals surface area contributed by atoms with E-state index in [4.69, 9.17) is 5.11 Å². The van der Waals surface area contributed by atoms with Gasteiger partial charge in [-0.2, -0.15) is 0 Å². The van der Waals surface area contributed by atoms with E-state index in [-0.39, 0.29) is 11.3 Å². The van der Waals surface area contributed by atoms with Crippen molar-refractivity contribution in [1.82, 2.24) is 0 Å². The third-order valence-electron chi connectivity index (χ3n) is 2.41. The highest BCUT2D eigenvalue weighted by atomic mass is 16.4. The van der Waals surface area contributed by atoms with Crippen LogP contribution in [0.1, 0.15) is 34.0 Å². The predicted molar refractivity (Wildman–Crippen MR) is 57.3 cm³/mol. The van der Waals surface area contributed by atoms with Crippen molar-refractivity contribution in [2.75, 3.05) is 0 Å². The maximum absolute atomic E-state index is 10.9. The van der Waals surface area contributed by atoms with E-state index in [0.717, 1.165) is 16.7 Å². The first-order valence-corrected chi connectivity index (χ1v) is 4.74. The number of ketones is 1. The van der Waals surface area contributed by atoms with Crippen LogP contribution < -0.4 is 0 Å². The monoisotopic (exact) mass is 206 g/mol. The number of carbonyl (C=O) groups excluding carboxylic acids is 1. The number of Topliss-reactive ketones (excluding diaryl/α,β-unsaturated/α-hetero) is 1. The van der Waals surface area contributed by atoms with Gasteiger partial charge in [-0.15, -0.1) is 0 Å². The Labute approximate surface area is 88.7 Å². The van der Waals surface area contributed by atoms with Crippen molar-refractivity contribution < 1.29 is 14.7 Å². The smallest absolute Gasteiger partial charge is 0.335 e. The lowest BCUT2D eigenvalue weighted by Gasteiger charge is -2.08. The summed E-state index contributed by atoms with van der Waals surface area (Å²) < 4.78 is 0. The standard InChI is InChI=1S/C12H14O3/c1-7-4-10(5-8(2)13)6-11(9(7)3)12(14)15/h4,6H,5H2,1-3H3,(H,14,15). The molecule has 0 bridgehead atoms. The molecule has 0 aliphatic heterocycles. The molecule has 0 atom stereocenters. The number of benzene rings is 1. The summed E-state index contributed by atoms with van der Waals surface area (Å²) in [5.74, 6) is -0.907. The quantitative estimate of drug-likeness (QED) is 0.824. The Morgan fingerprint density at radius 2 is 1.87 bits per heavy atom. The molecule has 0 heterocycles. The number of carbonyl (C=O) groups is 2. The summed E-state index contributed by atoms with van der Waals surface area (Å²) in [6.45, 7) is 5.12. The van der Waals surface area contributed by atoms with Crippen molar-refractivity contribution in [3.63, 3.8) is 0 Å². The highest BCUT2D eigenvalue weighted by Gasteiger charge is 2.11. The SMILES string of the molecule is CC(=O)Cc1cc(C)c(C)c(C(=O)O)c1. The zero-order valence-corrected chi connectivity index (χ0v) is 9.13. The van der Waals surface area contributed by atoms with Crippen LogP contribution in [0.4, 0.5) is 0 Å². The molecule has 1 rings (SSSR count). The second-order valence-corrected chi connectivity index (χ2v) is 3.77. The number of hydrogen-bond donors (Lipinski definition) is 1. The Hall–Kier alpha value is -1.64. The van der Waals surface area contributed by atoms with E-state index in [9.17, 15) is 9.59 Å². The highest BCUT2D eigenvalue weighted by Crippen LogP contribution is 2.17. The summed E-state index contributed by atoms with van der Waals surface area (Å²) in [5.41, 5.74) is 2.72. The Morgan fingerprint density at radius 1 is 1.27 bits per heavy atom. The van der Waals surface area contributed by atoms with Gasteiger partial charge in [0.15, 0.2) is 0 Å². The van der Waals surface area contributed by atoms with E-state index in [0.29, 0.717) is 6.42 Å². The number of carboxylic acids is 1. The van der Waals surface area contributed by atoms with Crippen molar-refractivity contribution in [1.29, 1.82) is 0 Å². The fourth-order valence-electron chi connectivity index (χ4n) is 1.55. The average Bonchev–Trinajstić information content (AvgIpc) is 2.09. The van der Waals surface area contributed by atoms with Gasteiger partial charge in [0.25, 0.3) is 0 Å². The maximum Gasteiger partial charge on any atom is 0.335 e. The van der Waals surface area contributed by atoms with Crippen LogP contribution in [0, 0.1) is 13.8 Å². The van der Waals surface area contributed by atoms with Gasteiger partial charge in [-0.05, 0) is 43.5 Å². The lowest BCUT2D eigenvalue weighted by molar-refractivity contribution is -0.116. The van der Waals surface area contributed by atoms with Gasteiger partial charge in [0, 0.05) is 6.42 Å². The highest BCUT2D eigenvalue weighted by molar-refractivity contribution is 5.90. The average molecular weight is 206 g/mol. The topological polar surface area (TPSA) is 54.4 Å². The second kappa shape index (κ2) is 4.26. The summed E-state index contributed by atoms with van der Waals surface area (Å²) in [6, 6.07) is 3.44. The summed E-state index contributed by atoms with van der Waals surface area (Å²) in [5, 5.41) is 8.96. The number of rotatable bonds is 3. The molecule has 0 amide bonds. The van der Waals surface area contributed by atoms with Crippen molar-refractivity contribution in [2.45, 2.75) is 27.2 Å². The molecule has 3 nitrogen and oxygen atoms in total. The summed E-state index contributed by atoms with van der Waals surface area (Å²) in [7, 11) is 0. The van der Waals surface area contributed by atoms with Crippen LogP contribution in [-0.4, -0.2) is 16.9 Å². The summed E-state index contributed by atoms with van der Waals surface area (Å²) in [6.07, 6.45) is 0.293. The molecule has 1 N–H and O–H groups in total. The molecule has 1 aromatic rings. The Balaban J connectivity index is 3.23. The minimum atomic E-state index is -0.944. The van der Waals surface area contributed by atoms with Crippen LogP contribution >= 0.6 is 0 Å². The fourth-order valence-corrected chi connectivity index (χ4v) is 1.55. The maximum atomic E-state index is 10.9. The van der Waals surface area contributed by atoms with Crippen LogP contribution in [-0.2, 0) is 11.2 Å². The molecule has 0 spiro atoms. The Kier molecular flexibility index (Phi) is 3.24. The first-order valence-electron chi connectivity index (χ1n) is 4.74. The molecule has 0 radical (unpaired) electrons. The van der Waals surface area contributed by atoms with E-state index in [1.165, 1.54) is 6.92 Å². The van der Waals surface area contributed by atoms with E-state index in [1.807, 2.05) is 13.0 Å². The van der Waals surface area contributed by atoms with Gasteiger partial charge in [-0.3, -0.25) is 4.79 Å². The first-order chi connectivity index (χ1) is 6.91.